The van der Waals surface area contributed by atoms with Gasteiger partial charge < -0.3 is 10.2 Å². The summed E-state index contributed by atoms with van der Waals surface area (Å²) in [7, 11) is 0. The predicted octanol–water partition coefficient (Wildman–Crippen LogP) is -0.00300. The van der Waals surface area contributed by atoms with Crippen LogP contribution in [0.15, 0.2) is 0 Å². The third-order valence-electron chi connectivity index (χ3n) is 3.76. The van der Waals surface area contributed by atoms with Gasteiger partial charge >= 0.3 is 0 Å². The second-order valence-corrected chi connectivity index (χ2v) is 5.84. The van der Waals surface area contributed by atoms with Crippen molar-refractivity contribution in [3.63, 3.8) is 0 Å². The van der Waals surface area contributed by atoms with E-state index in [2.05, 4.69) is 15.1 Å². The van der Waals surface area contributed by atoms with Gasteiger partial charge in [0.2, 0.25) is 11.8 Å². The molecule has 122 valence electrons. The van der Waals surface area contributed by atoms with E-state index in [1.54, 1.807) is 0 Å². The highest BCUT2D eigenvalue weighted by Gasteiger charge is 2.22. The molecule has 0 aromatic heterocycles. The Balaban J connectivity index is 2.29. The summed E-state index contributed by atoms with van der Waals surface area (Å²) >= 11 is 0. The average Bonchev–Trinajstić information content (AvgIpc) is 2.41. The van der Waals surface area contributed by atoms with Gasteiger partial charge in [0, 0.05) is 45.3 Å². The summed E-state index contributed by atoms with van der Waals surface area (Å²) in [4.78, 5) is 30.0. The topological polar surface area (TPSA) is 55.9 Å². The van der Waals surface area contributed by atoms with Crippen LogP contribution < -0.4 is 5.32 Å². The first-order valence-corrected chi connectivity index (χ1v) is 7.98. The molecular weight excluding hydrogens is 268 g/mol. The normalized spacial score (nSPS) is 17.0. The molecule has 6 nitrogen and oxygen atoms in total. The monoisotopic (exact) mass is 298 g/mol. The Morgan fingerprint density at radius 3 is 1.90 bits per heavy atom. The highest BCUT2D eigenvalue weighted by atomic mass is 16.2. The number of nitrogens with zero attached hydrogens (tertiary/aromatic N) is 3. The van der Waals surface area contributed by atoms with Crippen LogP contribution in [0.5, 0.6) is 0 Å². The van der Waals surface area contributed by atoms with Crippen molar-refractivity contribution in [3.8, 4) is 0 Å². The molecule has 0 saturated carbocycles. The summed E-state index contributed by atoms with van der Waals surface area (Å²) in [5.41, 5.74) is 0. The van der Waals surface area contributed by atoms with Gasteiger partial charge in [-0.25, -0.2) is 0 Å². The summed E-state index contributed by atoms with van der Waals surface area (Å²) in [6.45, 7) is 13.8. The first kappa shape index (κ1) is 17.9. The van der Waals surface area contributed by atoms with Crippen LogP contribution in [-0.4, -0.2) is 84.9 Å². The van der Waals surface area contributed by atoms with Gasteiger partial charge in [-0.15, -0.1) is 0 Å². The summed E-state index contributed by atoms with van der Waals surface area (Å²) in [6.07, 6.45) is 0. The van der Waals surface area contributed by atoms with E-state index in [9.17, 15) is 9.59 Å². The fourth-order valence-electron chi connectivity index (χ4n) is 2.54. The van der Waals surface area contributed by atoms with Gasteiger partial charge in [-0.05, 0) is 27.7 Å². The predicted molar refractivity (Wildman–Crippen MR) is 84.1 cm³/mol. The number of rotatable bonds is 7. The van der Waals surface area contributed by atoms with Crippen molar-refractivity contribution in [2.24, 2.45) is 0 Å². The molecule has 1 rings (SSSR count). The van der Waals surface area contributed by atoms with Crippen molar-refractivity contribution in [1.29, 1.82) is 0 Å². The Labute approximate surface area is 128 Å². The van der Waals surface area contributed by atoms with Crippen LogP contribution in [0.25, 0.3) is 0 Å². The summed E-state index contributed by atoms with van der Waals surface area (Å²) in [5.74, 6) is 0.281. The minimum atomic E-state index is 0.0812. The Morgan fingerprint density at radius 2 is 1.48 bits per heavy atom. The molecular formula is C15H30N4O2. The number of likely N-dealkylation sites (N-methyl/N-ethyl adjacent to an activating group) is 1. The third-order valence-corrected chi connectivity index (χ3v) is 3.76. The smallest absolute Gasteiger partial charge is 0.236 e. The highest BCUT2D eigenvalue weighted by Crippen LogP contribution is 2.02. The molecule has 0 spiro atoms. The van der Waals surface area contributed by atoms with Gasteiger partial charge in [-0.2, -0.15) is 0 Å². The van der Waals surface area contributed by atoms with Gasteiger partial charge in [0.05, 0.1) is 13.1 Å². The standard InChI is InChI=1S/C15H30N4O2/c1-5-19(6-2)15(21)12-18-9-7-17(8-10-18)11-14(20)16-13(3)4/h13H,5-12H2,1-4H3,(H,16,20). The zero-order chi connectivity index (χ0) is 15.8. The molecule has 1 N–H and O–H groups in total. The fourth-order valence-corrected chi connectivity index (χ4v) is 2.54. The maximum atomic E-state index is 12.1. The van der Waals surface area contributed by atoms with Crippen molar-refractivity contribution in [2.75, 3.05) is 52.4 Å². The molecule has 1 aliphatic heterocycles. The highest BCUT2D eigenvalue weighted by molar-refractivity contribution is 5.78. The number of carbonyl (C=O) groups is 2. The molecule has 6 heteroatoms. The second kappa shape index (κ2) is 9.00. The van der Waals surface area contributed by atoms with Crippen LogP contribution >= 0.6 is 0 Å². The number of hydrogen-bond acceptors (Lipinski definition) is 4. The molecule has 0 radical (unpaired) electrons. The Kier molecular flexibility index (Phi) is 7.67. The van der Waals surface area contributed by atoms with Gasteiger partial charge in [-0.3, -0.25) is 19.4 Å². The van der Waals surface area contributed by atoms with Crippen LogP contribution in [0.4, 0.5) is 0 Å². The van der Waals surface area contributed by atoms with Crippen molar-refractivity contribution >= 4 is 11.8 Å². The van der Waals surface area contributed by atoms with E-state index in [1.807, 2.05) is 32.6 Å². The van der Waals surface area contributed by atoms with E-state index in [-0.39, 0.29) is 17.9 Å². The Morgan fingerprint density at radius 1 is 1.00 bits per heavy atom. The van der Waals surface area contributed by atoms with Gasteiger partial charge in [0.1, 0.15) is 0 Å². The summed E-state index contributed by atoms with van der Waals surface area (Å²) in [6, 6.07) is 0.186. The lowest BCUT2D eigenvalue weighted by Crippen LogP contribution is -2.52. The number of hydrogen-bond donors (Lipinski definition) is 1. The van der Waals surface area contributed by atoms with Crippen molar-refractivity contribution in [2.45, 2.75) is 33.7 Å². The van der Waals surface area contributed by atoms with E-state index >= 15 is 0 Å². The molecule has 0 aliphatic carbocycles. The van der Waals surface area contributed by atoms with Gasteiger partial charge in [-0.1, -0.05) is 0 Å². The van der Waals surface area contributed by atoms with Gasteiger partial charge in [0.25, 0.3) is 0 Å². The maximum Gasteiger partial charge on any atom is 0.236 e. The van der Waals surface area contributed by atoms with Crippen molar-refractivity contribution in [1.82, 2.24) is 20.0 Å². The van der Waals surface area contributed by atoms with E-state index in [0.717, 1.165) is 39.3 Å². The zero-order valence-corrected chi connectivity index (χ0v) is 13.9. The van der Waals surface area contributed by atoms with Crippen LogP contribution in [0, 0.1) is 0 Å². The summed E-state index contributed by atoms with van der Waals surface area (Å²) in [5, 5.41) is 2.91. The number of carbonyl (C=O) groups excluding carboxylic acids is 2. The molecule has 0 bridgehead atoms. The molecule has 1 fully saturated rings. The van der Waals surface area contributed by atoms with Crippen LogP contribution in [-0.2, 0) is 9.59 Å². The zero-order valence-electron chi connectivity index (χ0n) is 13.9. The lowest BCUT2D eigenvalue weighted by Gasteiger charge is -2.34. The molecule has 0 aromatic carbocycles. The maximum absolute atomic E-state index is 12.1. The van der Waals surface area contributed by atoms with E-state index in [4.69, 9.17) is 0 Å². The summed E-state index contributed by atoms with van der Waals surface area (Å²) < 4.78 is 0. The number of amides is 2. The molecule has 2 amide bonds. The minimum Gasteiger partial charge on any atom is -0.353 e. The van der Waals surface area contributed by atoms with Crippen LogP contribution in [0.1, 0.15) is 27.7 Å². The third kappa shape index (κ3) is 6.44. The lowest BCUT2D eigenvalue weighted by molar-refractivity contribution is -0.133. The molecule has 21 heavy (non-hydrogen) atoms. The Bertz CT molecular complexity index is 335. The molecule has 0 atom stereocenters. The molecule has 0 aromatic rings. The molecule has 0 unspecified atom stereocenters. The number of piperazine rings is 1. The lowest BCUT2D eigenvalue weighted by atomic mass is 10.3. The molecule has 1 saturated heterocycles. The van der Waals surface area contributed by atoms with Crippen molar-refractivity contribution < 1.29 is 9.59 Å². The minimum absolute atomic E-state index is 0.0812. The first-order chi connectivity index (χ1) is 9.96. The molecule has 1 aliphatic rings. The van der Waals surface area contributed by atoms with E-state index < -0.39 is 0 Å². The fraction of sp³-hybridized carbons (Fsp3) is 0.867. The molecule has 1 heterocycles. The average molecular weight is 298 g/mol. The SMILES string of the molecule is CCN(CC)C(=O)CN1CCN(CC(=O)NC(C)C)CC1. The van der Waals surface area contributed by atoms with Crippen LogP contribution in [0.2, 0.25) is 0 Å². The van der Waals surface area contributed by atoms with Gasteiger partial charge in [0.15, 0.2) is 0 Å². The van der Waals surface area contributed by atoms with E-state index in [1.165, 1.54) is 0 Å². The first-order valence-electron chi connectivity index (χ1n) is 7.98. The second-order valence-electron chi connectivity index (χ2n) is 5.84. The quantitative estimate of drug-likeness (QED) is 0.719. The van der Waals surface area contributed by atoms with Crippen LogP contribution in [0.3, 0.4) is 0 Å². The number of nitrogens with one attached hydrogen (secondary N) is 1. The van der Waals surface area contributed by atoms with Crippen molar-refractivity contribution in [3.05, 3.63) is 0 Å². The Hall–Kier alpha value is -1.14. The largest absolute Gasteiger partial charge is 0.353 e. The van der Waals surface area contributed by atoms with E-state index in [0.29, 0.717) is 13.1 Å².